The normalized spacial score (nSPS) is 12.0. The Hall–Kier alpha value is -4.51. The molecule has 0 radical (unpaired) electrons. The molecule has 2 aromatic carbocycles. The van der Waals surface area contributed by atoms with E-state index in [-0.39, 0.29) is 11.2 Å². The van der Waals surface area contributed by atoms with Crippen LogP contribution < -0.4 is 11.2 Å². The monoisotopic (exact) mass is 482 g/mol. The Morgan fingerprint density at radius 1 is 0.971 bits per heavy atom. The summed E-state index contributed by atoms with van der Waals surface area (Å²) >= 11 is 1.48. The maximum absolute atomic E-state index is 13.4. The van der Waals surface area contributed by atoms with Crippen LogP contribution in [0.25, 0.3) is 43.2 Å². The summed E-state index contributed by atoms with van der Waals surface area (Å²) in [4.78, 5) is 33.6. The standard InChI is InChI=1S/C24H18N8O2S/c1-30-20-15(10-26-32(23(20)33)11-13-5-4-7-16-14(13)9-25-29-16)21-22(30)28-19(35-21)12-31-18-8-3-2-6-17(18)27-24(31)34/h2-10H,11-12H2,1H3,(H,25,29)(H,27,34). The zero-order chi connectivity index (χ0) is 23.7. The van der Waals surface area contributed by atoms with Gasteiger partial charge < -0.3 is 9.55 Å². The van der Waals surface area contributed by atoms with Crippen LogP contribution >= 0.6 is 11.3 Å². The fourth-order valence-corrected chi connectivity index (χ4v) is 5.84. The van der Waals surface area contributed by atoms with Crippen molar-refractivity contribution >= 4 is 54.5 Å². The van der Waals surface area contributed by atoms with Crippen molar-refractivity contribution in [3.05, 3.63) is 86.3 Å². The molecular weight excluding hydrogens is 464 g/mol. The quantitative estimate of drug-likeness (QED) is 0.400. The van der Waals surface area contributed by atoms with Crippen LogP contribution in [0.2, 0.25) is 0 Å². The Bertz CT molecular complexity index is 2030. The minimum absolute atomic E-state index is 0.174. The first-order valence-corrected chi connectivity index (χ1v) is 11.8. The van der Waals surface area contributed by atoms with Gasteiger partial charge in [-0.05, 0) is 23.8 Å². The number of para-hydroxylation sites is 2. The Labute approximate surface area is 200 Å². The Morgan fingerprint density at radius 2 is 1.83 bits per heavy atom. The topological polar surface area (TPSA) is 119 Å². The number of fused-ring (bicyclic) bond motifs is 5. The average molecular weight is 483 g/mol. The second kappa shape index (κ2) is 7.24. The van der Waals surface area contributed by atoms with Gasteiger partial charge in [0.1, 0.15) is 10.5 Å². The summed E-state index contributed by atoms with van der Waals surface area (Å²) in [6.45, 7) is 0.690. The van der Waals surface area contributed by atoms with Crippen molar-refractivity contribution in [2.75, 3.05) is 0 Å². The number of hydrogen-bond donors (Lipinski definition) is 2. The van der Waals surface area contributed by atoms with E-state index in [0.29, 0.717) is 24.3 Å². The van der Waals surface area contributed by atoms with Gasteiger partial charge in [0, 0.05) is 17.8 Å². The lowest BCUT2D eigenvalue weighted by molar-refractivity contribution is 0.647. The highest BCUT2D eigenvalue weighted by atomic mass is 32.1. The molecule has 0 aliphatic rings. The van der Waals surface area contributed by atoms with Crippen LogP contribution in [0.4, 0.5) is 0 Å². The third-order valence-electron chi connectivity index (χ3n) is 6.44. The van der Waals surface area contributed by atoms with Crippen molar-refractivity contribution in [1.29, 1.82) is 0 Å². The van der Waals surface area contributed by atoms with E-state index in [2.05, 4.69) is 20.3 Å². The van der Waals surface area contributed by atoms with Crippen molar-refractivity contribution in [2.45, 2.75) is 13.1 Å². The second-order valence-electron chi connectivity index (χ2n) is 8.47. The highest BCUT2D eigenvalue weighted by Gasteiger charge is 2.19. The van der Waals surface area contributed by atoms with Gasteiger partial charge in [0.2, 0.25) is 0 Å². The molecule has 10 nitrogen and oxygen atoms in total. The number of nitrogens with one attached hydrogen (secondary N) is 2. The number of imidazole rings is 1. The number of aryl methyl sites for hydroxylation is 1. The van der Waals surface area contributed by atoms with E-state index in [9.17, 15) is 9.59 Å². The van der Waals surface area contributed by atoms with Gasteiger partial charge in [0.05, 0.1) is 46.7 Å². The fraction of sp³-hybridized carbons (Fsp3) is 0.125. The van der Waals surface area contributed by atoms with Gasteiger partial charge in [-0.25, -0.2) is 14.5 Å². The minimum Gasteiger partial charge on any atom is -0.323 e. The predicted molar refractivity (Wildman–Crippen MR) is 135 cm³/mol. The molecule has 35 heavy (non-hydrogen) atoms. The van der Waals surface area contributed by atoms with Crippen LogP contribution in [0.15, 0.2) is 64.4 Å². The van der Waals surface area contributed by atoms with Gasteiger partial charge in [0.25, 0.3) is 5.56 Å². The summed E-state index contributed by atoms with van der Waals surface area (Å²) in [6.07, 6.45) is 3.49. The summed E-state index contributed by atoms with van der Waals surface area (Å²) in [7, 11) is 1.84. The van der Waals surface area contributed by atoms with E-state index < -0.39 is 0 Å². The van der Waals surface area contributed by atoms with Gasteiger partial charge in [0.15, 0.2) is 5.65 Å². The van der Waals surface area contributed by atoms with Gasteiger partial charge in [-0.2, -0.15) is 10.2 Å². The first-order valence-electron chi connectivity index (χ1n) is 11.0. The maximum atomic E-state index is 13.4. The molecule has 0 fully saturated rings. The van der Waals surface area contributed by atoms with E-state index >= 15 is 0 Å². The summed E-state index contributed by atoms with van der Waals surface area (Å²) in [5.74, 6) is 0. The number of nitrogens with zero attached hydrogens (tertiary/aromatic N) is 6. The first kappa shape index (κ1) is 19.9. The molecule has 5 aromatic heterocycles. The molecule has 5 heterocycles. The van der Waals surface area contributed by atoms with Crippen molar-refractivity contribution < 1.29 is 0 Å². The number of aromatic nitrogens is 8. The third kappa shape index (κ3) is 2.91. The van der Waals surface area contributed by atoms with Crippen molar-refractivity contribution in [3.8, 4) is 0 Å². The minimum atomic E-state index is -0.176. The Morgan fingerprint density at radius 3 is 2.74 bits per heavy atom. The molecule has 2 N–H and O–H groups in total. The van der Waals surface area contributed by atoms with Crippen LogP contribution in [0.5, 0.6) is 0 Å². The number of rotatable bonds is 4. The van der Waals surface area contributed by atoms with Crippen LogP contribution in [0.3, 0.4) is 0 Å². The van der Waals surface area contributed by atoms with E-state index in [0.717, 1.165) is 42.6 Å². The number of hydrogen-bond acceptors (Lipinski definition) is 6. The molecule has 0 aliphatic heterocycles. The molecule has 7 aromatic rings. The molecule has 0 saturated carbocycles. The highest BCUT2D eigenvalue weighted by molar-refractivity contribution is 7.19. The van der Waals surface area contributed by atoms with Gasteiger partial charge in [-0.15, -0.1) is 11.3 Å². The molecule has 0 saturated heterocycles. The molecule has 0 bridgehead atoms. The summed E-state index contributed by atoms with van der Waals surface area (Å²) in [5.41, 5.74) is 4.43. The zero-order valence-corrected chi connectivity index (χ0v) is 19.3. The lowest BCUT2D eigenvalue weighted by Gasteiger charge is -2.07. The molecule has 0 amide bonds. The number of benzene rings is 2. The predicted octanol–water partition coefficient (Wildman–Crippen LogP) is 2.96. The zero-order valence-electron chi connectivity index (χ0n) is 18.5. The third-order valence-corrected chi connectivity index (χ3v) is 7.50. The average Bonchev–Trinajstić information content (AvgIpc) is 3.61. The molecule has 0 aliphatic carbocycles. The molecule has 0 spiro atoms. The van der Waals surface area contributed by atoms with Crippen molar-refractivity contribution in [3.63, 3.8) is 0 Å². The SMILES string of the molecule is Cn1c2nc(Cn3c(=O)[nH]c4ccccc43)sc2c2cnn(Cc3cccc4[nH]ncc34)c(=O)c21. The molecule has 11 heteroatoms. The van der Waals surface area contributed by atoms with Crippen molar-refractivity contribution in [1.82, 2.24) is 39.1 Å². The van der Waals surface area contributed by atoms with Gasteiger partial charge in [-0.1, -0.05) is 24.3 Å². The van der Waals surface area contributed by atoms with E-state index in [1.807, 2.05) is 54.1 Å². The largest absolute Gasteiger partial charge is 0.326 e. The van der Waals surface area contributed by atoms with E-state index in [4.69, 9.17) is 4.98 Å². The van der Waals surface area contributed by atoms with Gasteiger partial charge >= 0.3 is 5.69 Å². The maximum Gasteiger partial charge on any atom is 0.326 e. The lowest BCUT2D eigenvalue weighted by Crippen LogP contribution is -2.24. The van der Waals surface area contributed by atoms with Crippen LogP contribution in [0, 0.1) is 0 Å². The van der Waals surface area contributed by atoms with E-state index in [1.165, 1.54) is 16.0 Å². The molecule has 0 unspecified atom stereocenters. The smallest absolute Gasteiger partial charge is 0.323 e. The first-order chi connectivity index (χ1) is 17.1. The van der Waals surface area contributed by atoms with Crippen molar-refractivity contribution in [2.24, 2.45) is 7.05 Å². The number of thiazole rings is 1. The number of aromatic amines is 2. The van der Waals surface area contributed by atoms with Gasteiger partial charge in [-0.3, -0.25) is 14.5 Å². The second-order valence-corrected chi connectivity index (χ2v) is 9.55. The van der Waals surface area contributed by atoms with Crippen LogP contribution in [-0.4, -0.2) is 39.1 Å². The molecule has 172 valence electrons. The molecule has 0 atom stereocenters. The van der Waals surface area contributed by atoms with E-state index in [1.54, 1.807) is 17.0 Å². The number of H-pyrrole nitrogens is 2. The Kier molecular flexibility index (Phi) is 4.12. The Balaban J connectivity index is 1.31. The van der Waals surface area contributed by atoms with Crippen LogP contribution in [-0.2, 0) is 20.1 Å². The highest BCUT2D eigenvalue weighted by Crippen LogP contribution is 2.31. The summed E-state index contributed by atoms with van der Waals surface area (Å²) in [6, 6.07) is 13.4. The summed E-state index contributed by atoms with van der Waals surface area (Å²) in [5, 5.41) is 14.0. The summed E-state index contributed by atoms with van der Waals surface area (Å²) < 4.78 is 5.86. The molecular formula is C24H18N8O2S. The fourth-order valence-electron chi connectivity index (χ4n) is 4.74. The van der Waals surface area contributed by atoms with Crippen LogP contribution in [0.1, 0.15) is 10.6 Å². The lowest BCUT2D eigenvalue weighted by atomic mass is 10.1. The molecule has 7 rings (SSSR count).